The minimum absolute atomic E-state index is 0.422. The molecule has 0 saturated heterocycles. The van der Waals surface area contributed by atoms with Crippen LogP contribution in [0.1, 0.15) is 11.1 Å². The van der Waals surface area contributed by atoms with E-state index < -0.39 is 11.7 Å². The van der Waals surface area contributed by atoms with Crippen LogP contribution < -0.4 is 14.8 Å². The molecule has 0 unspecified atom stereocenters. The smallest absolute Gasteiger partial charge is 0.416 e. The van der Waals surface area contributed by atoms with Crippen molar-refractivity contribution in [3.05, 3.63) is 90.1 Å². The van der Waals surface area contributed by atoms with E-state index in [2.05, 4.69) is 15.5 Å². The first kappa shape index (κ1) is 21.3. The Morgan fingerprint density at radius 3 is 2.41 bits per heavy atom. The summed E-state index contributed by atoms with van der Waals surface area (Å²) in [5.41, 5.74) is 2.23. The number of halogens is 3. The number of alkyl halides is 3. The van der Waals surface area contributed by atoms with Gasteiger partial charge in [0.2, 0.25) is 0 Å². The zero-order valence-electron chi connectivity index (χ0n) is 17.1. The Balaban J connectivity index is 1.46. The SMILES string of the molecule is COc1ccccc1Oc1cccc(NCc2cn[nH]c2-c2ccc(C(F)(F)F)cc2)c1. The molecule has 0 atom stereocenters. The number of nitrogens with one attached hydrogen (secondary N) is 2. The van der Waals surface area contributed by atoms with Crippen molar-refractivity contribution >= 4 is 5.69 Å². The summed E-state index contributed by atoms with van der Waals surface area (Å²) in [6.07, 6.45) is -2.72. The summed E-state index contributed by atoms with van der Waals surface area (Å²) in [5.74, 6) is 1.87. The highest BCUT2D eigenvalue weighted by atomic mass is 19.4. The molecule has 1 aromatic heterocycles. The van der Waals surface area contributed by atoms with Gasteiger partial charge in [-0.1, -0.05) is 30.3 Å². The van der Waals surface area contributed by atoms with Crippen LogP contribution in [0, 0.1) is 0 Å². The molecule has 8 heteroatoms. The van der Waals surface area contributed by atoms with Gasteiger partial charge in [0.25, 0.3) is 0 Å². The quantitative estimate of drug-likeness (QED) is 0.345. The average Bonchev–Trinajstić information content (AvgIpc) is 3.26. The number of nitrogens with zero attached hydrogens (tertiary/aromatic N) is 1. The van der Waals surface area contributed by atoms with Crippen LogP contribution >= 0.6 is 0 Å². The van der Waals surface area contributed by atoms with Crippen LogP contribution in [-0.2, 0) is 12.7 Å². The molecule has 0 aliphatic rings. The summed E-state index contributed by atoms with van der Waals surface area (Å²) in [7, 11) is 1.58. The van der Waals surface area contributed by atoms with Crippen LogP contribution in [0.15, 0.2) is 79.0 Å². The minimum Gasteiger partial charge on any atom is -0.493 e. The monoisotopic (exact) mass is 439 g/mol. The molecular formula is C24H20F3N3O2. The van der Waals surface area contributed by atoms with E-state index in [9.17, 15) is 13.2 Å². The number of rotatable bonds is 7. The number of aromatic amines is 1. The summed E-state index contributed by atoms with van der Waals surface area (Å²) in [6, 6.07) is 19.8. The van der Waals surface area contributed by atoms with Crippen molar-refractivity contribution in [1.29, 1.82) is 0 Å². The molecule has 0 saturated carbocycles. The van der Waals surface area contributed by atoms with Gasteiger partial charge in [0, 0.05) is 23.9 Å². The Morgan fingerprint density at radius 1 is 0.938 bits per heavy atom. The van der Waals surface area contributed by atoms with Gasteiger partial charge < -0.3 is 14.8 Å². The van der Waals surface area contributed by atoms with Crippen molar-refractivity contribution in [2.75, 3.05) is 12.4 Å². The Kier molecular flexibility index (Phi) is 6.02. The van der Waals surface area contributed by atoms with Gasteiger partial charge in [0.1, 0.15) is 5.75 Å². The second-order valence-corrected chi connectivity index (χ2v) is 6.98. The van der Waals surface area contributed by atoms with Crippen LogP contribution in [-0.4, -0.2) is 17.3 Å². The van der Waals surface area contributed by atoms with Gasteiger partial charge in [-0.3, -0.25) is 5.10 Å². The second kappa shape index (κ2) is 9.05. The lowest BCUT2D eigenvalue weighted by molar-refractivity contribution is -0.137. The molecule has 32 heavy (non-hydrogen) atoms. The Labute approximate surface area is 182 Å². The molecule has 2 N–H and O–H groups in total. The maximum absolute atomic E-state index is 12.8. The summed E-state index contributed by atoms with van der Waals surface area (Å²) >= 11 is 0. The third-order valence-corrected chi connectivity index (χ3v) is 4.83. The van der Waals surface area contributed by atoms with Crippen molar-refractivity contribution in [3.63, 3.8) is 0 Å². The minimum atomic E-state index is -4.37. The second-order valence-electron chi connectivity index (χ2n) is 6.98. The number of methoxy groups -OCH3 is 1. The number of hydrogen-bond acceptors (Lipinski definition) is 4. The van der Waals surface area contributed by atoms with E-state index in [1.165, 1.54) is 12.1 Å². The molecule has 0 fully saturated rings. The molecule has 0 amide bonds. The zero-order chi connectivity index (χ0) is 22.6. The average molecular weight is 439 g/mol. The highest BCUT2D eigenvalue weighted by Crippen LogP contribution is 2.33. The standard InChI is InChI=1S/C24H20F3N3O2/c1-31-21-7-2-3-8-22(21)32-20-6-4-5-19(13-20)28-14-17-15-29-30-23(17)16-9-11-18(12-10-16)24(25,26)27/h2-13,15,28H,14H2,1H3,(H,29,30). The van der Waals surface area contributed by atoms with Gasteiger partial charge in [-0.05, 0) is 42.0 Å². The molecule has 4 aromatic rings. The van der Waals surface area contributed by atoms with Gasteiger partial charge in [-0.25, -0.2) is 0 Å². The van der Waals surface area contributed by atoms with Gasteiger partial charge in [-0.2, -0.15) is 18.3 Å². The lowest BCUT2D eigenvalue weighted by atomic mass is 10.1. The van der Waals surface area contributed by atoms with Crippen LogP contribution in [0.3, 0.4) is 0 Å². The van der Waals surface area contributed by atoms with Crippen LogP contribution in [0.2, 0.25) is 0 Å². The third-order valence-electron chi connectivity index (χ3n) is 4.83. The highest BCUT2D eigenvalue weighted by Gasteiger charge is 2.30. The lowest BCUT2D eigenvalue weighted by Gasteiger charge is -2.12. The number of para-hydroxylation sites is 2. The molecule has 0 aliphatic carbocycles. The topological polar surface area (TPSA) is 59.2 Å². The van der Waals surface area contributed by atoms with E-state index in [0.717, 1.165) is 23.4 Å². The number of anilines is 1. The van der Waals surface area contributed by atoms with Crippen molar-refractivity contribution in [3.8, 4) is 28.5 Å². The first-order chi connectivity index (χ1) is 15.4. The number of aromatic nitrogens is 2. The number of H-pyrrole nitrogens is 1. The van der Waals surface area contributed by atoms with Gasteiger partial charge in [0.15, 0.2) is 11.5 Å². The van der Waals surface area contributed by atoms with Gasteiger partial charge in [0.05, 0.1) is 24.6 Å². The van der Waals surface area contributed by atoms with E-state index >= 15 is 0 Å². The lowest BCUT2D eigenvalue weighted by Crippen LogP contribution is -2.04. The molecule has 164 valence electrons. The van der Waals surface area contributed by atoms with Crippen molar-refractivity contribution in [2.45, 2.75) is 12.7 Å². The Hall–Kier alpha value is -3.94. The fraction of sp³-hybridized carbons (Fsp3) is 0.125. The maximum atomic E-state index is 12.8. The molecule has 1 heterocycles. The van der Waals surface area contributed by atoms with Gasteiger partial charge in [-0.15, -0.1) is 0 Å². The summed E-state index contributed by atoms with van der Waals surface area (Å²) in [6.45, 7) is 0.422. The number of ether oxygens (including phenoxy) is 2. The molecular weight excluding hydrogens is 419 g/mol. The predicted molar refractivity (Wildman–Crippen MR) is 116 cm³/mol. The largest absolute Gasteiger partial charge is 0.493 e. The number of benzene rings is 3. The summed E-state index contributed by atoms with van der Waals surface area (Å²) in [4.78, 5) is 0. The molecule has 0 spiro atoms. The van der Waals surface area contributed by atoms with E-state index in [1.54, 1.807) is 13.3 Å². The molecule has 0 radical (unpaired) electrons. The van der Waals surface area contributed by atoms with E-state index in [4.69, 9.17) is 9.47 Å². The Bertz CT molecular complexity index is 1190. The fourth-order valence-corrected chi connectivity index (χ4v) is 3.22. The molecule has 4 rings (SSSR count). The zero-order valence-corrected chi connectivity index (χ0v) is 17.1. The maximum Gasteiger partial charge on any atom is 0.416 e. The van der Waals surface area contributed by atoms with Crippen LogP contribution in [0.25, 0.3) is 11.3 Å². The molecule has 0 bridgehead atoms. The predicted octanol–water partition coefficient (Wildman–Crippen LogP) is 6.51. The summed E-state index contributed by atoms with van der Waals surface area (Å²) < 4.78 is 49.7. The highest BCUT2D eigenvalue weighted by molar-refractivity contribution is 5.64. The van der Waals surface area contributed by atoms with Gasteiger partial charge >= 0.3 is 6.18 Å². The molecule has 3 aromatic carbocycles. The Morgan fingerprint density at radius 2 is 1.69 bits per heavy atom. The van der Waals surface area contributed by atoms with E-state index in [1.807, 2.05) is 48.5 Å². The van der Waals surface area contributed by atoms with Crippen LogP contribution in [0.5, 0.6) is 17.2 Å². The van der Waals surface area contributed by atoms with Crippen molar-refractivity contribution in [2.24, 2.45) is 0 Å². The van der Waals surface area contributed by atoms with Crippen LogP contribution in [0.4, 0.5) is 18.9 Å². The third kappa shape index (κ3) is 4.85. The van der Waals surface area contributed by atoms with E-state index in [0.29, 0.717) is 35.1 Å². The first-order valence-electron chi connectivity index (χ1n) is 9.79. The van der Waals surface area contributed by atoms with E-state index in [-0.39, 0.29) is 0 Å². The normalized spacial score (nSPS) is 11.2. The summed E-state index contributed by atoms with van der Waals surface area (Å²) in [5, 5.41) is 10.2. The first-order valence-corrected chi connectivity index (χ1v) is 9.79. The van der Waals surface area contributed by atoms with Crippen molar-refractivity contribution < 1.29 is 22.6 Å². The molecule has 0 aliphatic heterocycles. The molecule has 5 nitrogen and oxygen atoms in total. The fourth-order valence-electron chi connectivity index (χ4n) is 3.22. The van der Waals surface area contributed by atoms with Crippen molar-refractivity contribution in [1.82, 2.24) is 10.2 Å². The number of hydrogen-bond donors (Lipinski definition) is 2.